The highest BCUT2D eigenvalue weighted by molar-refractivity contribution is 5.76. The van der Waals surface area contributed by atoms with Gasteiger partial charge in [0.2, 0.25) is 5.91 Å². The highest BCUT2D eigenvalue weighted by Gasteiger charge is 2.17. The van der Waals surface area contributed by atoms with Gasteiger partial charge in [0.05, 0.1) is 23.9 Å². The predicted octanol–water partition coefficient (Wildman–Crippen LogP) is 2.41. The van der Waals surface area contributed by atoms with E-state index in [0.717, 1.165) is 48.5 Å². The molecule has 1 N–H and O–H groups in total. The Hall–Kier alpha value is -2.80. The standard InChI is InChI=1S/C20H23N5O2/c26-20(14-17-3-1-2-12-27-17)22-10-6-16-13-19-23-18(7-11-25(19)24-16)15-4-8-21-9-5-15/h4-5,7-9,11,13,17H,1-3,6,10,12,14H2,(H,22,26). The number of amides is 1. The van der Waals surface area contributed by atoms with Gasteiger partial charge in [-0.25, -0.2) is 9.50 Å². The molecular weight excluding hydrogens is 342 g/mol. The average Bonchev–Trinajstić information content (AvgIpc) is 3.11. The molecule has 0 aliphatic carbocycles. The van der Waals surface area contributed by atoms with Crippen LogP contribution >= 0.6 is 0 Å². The van der Waals surface area contributed by atoms with E-state index in [1.165, 1.54) is 0 Å². The second-order valence-electron chi connectivity index (χ2n) is 6.78. The van der Waals surface area contributed by atoms with Crippen LogP contribution in [0.25, 0.3) is 16.9 Å². The number of rotatable bonds is 6. The van der Waals surface area contributed by atoms with Gasteiger partial charge in [0.25, 0.3) is 0 Å². The number of hydrogen-bond donors (Lipinski definition) is 1. The third kappa shape index (κ3) is 4.49. The lowest BCUT2D eigenvalue weighted by atomic mass is 10.1. The normalized spacial score (nSPS) is 17.1. The second kappa shape index (κ2) is 8.26. The van der Waals surface area contributed by atoms with E-state index >= 15 is 0 Å². The fourth-order valence-corrected chi connectivity index (χ4v) is 3.31. The lowest BCUT2D eigenvalue weighted by molar-refractivity contribution is -0.124. The summed E-state index contributed by atoms with van der Waals surface area (Å²) in [5.74, 6) is 0.0452. The average molecular weight is 365 g/mol. The van der Waals surface area contributed by atoms with Crippen molar-refractivity contribution in [3.05, 3.63) is 48.5 Å². The van der Waals surface area contributed by atoms with E-state index in [-0.39, 0.29) is 12.0 Å². The van der Waals surface area contributed by atoms with Crippen molar-refractivity contribution in [2.24, 2.45) is 0 Å². The molecule has 0 saturated carbocycles. The zero-order valence-corrected chi connectivity index (χ0v) is 15.2. The van der Waals surface area contributed by atoms with Crippen LogP contribution in [0.4, 0.5) is 0 Å². The highest BCUT2D eigenvalue weighted by Crippen LogP contribution is 2.17. The Bertz CT molecular complexity index is 903. The lowest BCUT2D eigenvalue weighted by Crippen LogP contribution is -2.31. The van der Waals surface area contributed by atoms with Crippen molar-refractivity contribution in [3.63, 3.8) is 0 Å². The van der Waals surface area contributed by atoms with Crippen LogP contribution in [0.5, 0.6) is 0 Å². The molecule has 1 aliphatic rings. The first-order valence-corrected chi connectivity index (χ1v) is 9.42. The summed E-state index contributed by atoms with van der Waals surface area (Å²) in [6, 6.07) is 7.76. The minimum atomic E-state index is 0.0452. The maximum Gasteiger partial charge on any atom is 0.222 e. The number of carbonyl (C=O) groups is 1. The number of hydrogen-bond acceptors (Lipinski definition) is 5. The van der Waals surface area contributed by atoms with Crippen molar-refractivity contribution in [2.75, 3.05) is 13.2 Å². The van der Waals surface area contributed by atoms with E-state index in [1.54, 1.807) is 16.9 Å². The van der Waals surface area contributed by atoms with Crippen LogP contribution in [0.1, 0.15) is 31.4 Å². The molecule has 3 aromatic heterocycles. The van der Waals surface area contributed by atoms with Gasteiger partial charge in [-0.3, -0.25) is 9.78 Å². The number of pyridine rings is 1. The summed E-state index contributed by atoms with van der Waals surface area (Å²) in [4.78, 5) is 20.7. The SMILES string of the molecule is O=C(CC1CCCCO1)NCCc1cc2nc(-c3ccncc3)ccn2n1. The number of fused-ring (bicyclic) bond motifs is 1. The molecule has 7 heteroatoms. The molecule has 0 aromatic carbocycles. The van der Waals surface area contributed by atoms with Crippen molar-refractivity contribution in [3.8, 4) is 11.3 Å². The second-order valence-corrected chi connectivity index (χ2v) is 6.78. The smallest absolute Gasteiger partial charge is 0.222 e. The largest absolute Gasteiger partial charge is 0.378 e. The van der Waals surface area contributed by atoms with Gasteiger partial charge in [-0.05, 0) is 37.5 Å². The van der Waals surface area contributed by atoms with E-state index in [1.807, 2.05) is 30.5 Å². The minimum absolute atomic E-state index is 0.0452. The summed E-state index contributed by atoms with van der Waals surface area (Å²) in [7, 11) is 0. The van der Waals surface area contributed by atoms with E-state index in [2.05, 4.69) is 20.4 Å². The van der Waals surface area contributed by atoms with Crippen LogP contribution in [0.3, 0.4) is 0 Å². The highest BCUT2D eigenvalue weighted by atomic mass is 16.5. The van der Waals surface area contributed by atoms with Crippen LogP contribution in [-0.4, -0.2) is 44.7 Å². The minimum Gasteiger partial charge on any atom is -0.378 e. The van der Waals surface area contributed by atoms with Crippen LogP contribution in [0, 0.1) is 0 Å². The van der Waals surface area contributed by atoms with Gasteiger partial charge in [-0.15, -0.1) is 0 Å². The first-order valence-electron chi connectivity index (χ1n) is 9.42. The number of carbonyl (C=O) groups excluding carboxylic acids is 1. The van der Waals surface area contributed by atoms with E-state index in [9.17, 15) is 4.79 Å². The molecule has 1 amide bonds. The van der Waals surface area contributed by atoms with Gasteiger partial charge in [-0.2, -0.15) is 5.10 Å². The third-order valence-corrected chi connectivity index (χ3v) is 4.74. The molecule has 4 heterocycles. The van der Waals surface area contributed by atoms with Gasteiger partial charge < -0.3 is 10.1 Å². The number of aromatic nitrogens is 4. The maximum absolute atomic E-state index is 12.0. The molecule has 1 aliphatic heterocycles. The summed E-state index contributed by atoms with van der Waals surface area (Å²) >= 11 is 0. The van der Waals surface area contributed by atoms with Crippen LogP contribution in [0.2, 0.25) is 0 Å². The van der Waals surface area contributed by atoms with Gasteiger partial charge in [0, 0.05) is 49.8 Å². The Kier molecular flexibility index (Phi) is 5.39. The number of nitrogens with one attached hydrogen (secondary N) is 1. The Labute approximate surface area is 157 Å². The molecule has 0 radical (unpaired) electrons. The Morgan fingerprint density at radius 2 is 2.15 bits per heavy atom. The fraction of sp³-hybridized carbons (Fsp3) is 0.400. The number of ether oxygens (including phenoxy) is 1. The lowest BCUT2D eigenvalue weighted by Gasteiger charge is -2.21. The molecule has 1 fully saturated rings. The summed E-state index contributed by atoms with van der Waals surface area (Å²) < 4.78 is 7.37. The molecule has 0 spiro atoms. The summed E-state index contributed by atoms with van der Waals surface area (Å²) in [5.41, 5.74) is 3.61. The monoisotopic (exact) mass is 365 g/mol. The molecular formula is C20H23N5O2. The first kappa shape index (κ1) is 17.6. The zero-order valence-electron chi connectivity index (χ0n) is 15.2. The Balaban J connectivity index is 1.33. The Morgan fingerprint density at radius 1 is 1.26 bits per heavy atom. The summed E-state index contributed by atoms with van der Waals surface area (Å²) in [5, 5.41) is 7.49. The topological polar surface area (TPSA) is 81.4 Å². The van der Waals surface area contributed by atoms with Crippen molar-refractivity contribution in [2.45, 2.75) is 38.2 Å². The first-order chi connectivity index (χ1) is 13.3. The molecule has 3 aromatic rings. The van der Waals surface area contributed by atoms with E-state index in [0.29, 0.717) is 19.4 Å². The molecule has 1 atom stereocenters. The summed E-state index contributed by atoms with van der Waals surface area (Å²) in [6.45, 7) is 1.33. The van der Waals surface area contributed by atoms with Crippen molar-refractivity contribution < 1.29 is 9.53 Å². The number of nitrogens with zero attached hydrogens (tertiary/aromatic N) is 4. The molecule has 140 valence electrons. The predicted molar refractivity (Wildman–Crippen MR) is 101 cm³/mol. The van der Waals surface area contributed by atoms with Crippen LogP contribution < -0.4 is 5.32 Å². The Morgan fingerprint density at radius 3 is 2.96 bits per heavy atom. The van der Waals surface area contributed by atoms with E-state index < -0.39 is 0 Å². The quantitative estimate of drug-likeness (QED) is 0.725. The molecule has 27 heavy (non-hydrogen) atoms. The van der Waals surface area contributed by atoms with E-state index in [4.69, 9.17) is 4.74 Å². The van der Waals surface area contributed by atoms with Gasteiger partial charge in [-0.1, -0.05) is 0 Å². The summed E-state index contributed by atoms with van der Waals surface area (Å²) in [6.07, 6.45) is 9.83. The zero-order chi connectivity index (χ0) is 18.5. The van der Waals surface area contributed by atoms with Gasteiger partial charge in [0.1, 0.15) is 0 Å². The maximum atomic E-state index is 12.0. The van der Waals surface area contributed by atoms with Gasteiger partial charge in [0.15, 0.2) is 5.65 Å². The van der Waals surface area contributed by atoms with Gasteiger partial charge >= 0.3 is 0 Å². The van der Waals surface area contributed by atoms with Crippen molar-refractivity contribution in [1.82, 2.24) is 24.9 Å². The fourth-order valence-electron chi connectivity index (χ4n) is 3.31. The third-order valence-electron chi connectivity index (χ3n) is 4.74. The van der Waals surface area contributed by atoms with Crippen molar-refractivity contribution in [1.29, 1.82) is 0 Å². The molecule has 7 nitrogen and oxygen atoms in total. The molecule has 0 bridgehead atoms. The van der Waals surface area contributed by atoms with Crippen molar-refractivity contribution >= 4 is 11.6 Å². The molecule has 1 unspecified atom stereocenters. The molecule has 4 rings (SSSR count). The molecule has 1 saturated heterocycles. The van der Waals surface area contributed by atoms with Crippen LogP contribution in [-0.2, 0) is 16.0 Å². The van der Waals surface area contributed by atoms with Crippen LogP contribution in [0.15, 0.2) is 42.9 Å².